The zero-order chi connectivity index (χ0) is 22.1. The highest BCUT2D eigenvalue weighted by molar-refractivity contribution is 14.0. The molecule has 3 rings (SSSR count). The molecule has 1 unspecified atom stereocenters. The predicted molar refractivity (Wildman–Crippen MR) is 139 cm³/mol. The molecule has 1 aromatic carbocycles. The molecule has 4 N–H and O–H groups in total. The van der Waals surface area contributed by atoms with Crippen molar-refractivity contribution in [2.75, 3.05) is 37.7 Å². The molecule has 1 fully saturated rings. The largest absolute Gasteiger partial charge is 0.484 e. The van der Waals surface area contributed by atoms with E-state index in [1.54, 1.807) is 6.20 Å². The van der Waals surface area contributed by atoms with Crippen LogP contribution in [0.2, 0.25) is 5.02 Å². The van der Waals surface area contributed by atoms with Gasteiger partial charge >= 0.3 is 0 Å². The van der Waals surface area contributed by atoms with Gasteiger partial charge in [0.2, 0.25) is 0 Å². The molecule has 1 aliphatic heterocycles. The molecular weight excluding hydrogens is 543 g/mol. The second-order valence-electron chi connectivity index (χ2n) is 7.29. The van der Waals surface area contributed by atoms with Crippen LogP contribution in [0.5, 0.6) is 5.75 Å². The molecule has 0 bridgehead atoms. The number of pyridine rings is 1. The van der Waals surface area contributed by atoms with E-state index in [-0.39, 0.29) is 36.6 Å². The molecule has 1 aliphatic rings. The molecule has 0 radical (unpaired) electrons. The maximum atomic E-state index is 10.8. The summed E-state index contributed by atoms with van der Waals surface area (Å²) in [7, 11) is 0. The van der Waals surface area contributed by atoms with E-state index < -0.39 is 5.91 Å². The number of carbonyl (C=O) groups excluding carboxylic acids is 1. The highest BCUT2D eigenvalue weighted by Gasteiger charge is 2.25. The third-order valence-corrected chi connectivity index (χ3v) is 5.18. The van der Waals surface area contributed by atoms with Crippen molar-refractivity contribution in [3.05, 3.63) is 53.2 Å². The number of carbonyl (C=O) groups is 1. The number of ether oxygens (including phenoxy) is 1. The van der Waals surface area contributed by atoms with Crippen LogP contribution in [0.1, 0.15) is 18.9 Å². The van der Waals surface area contributed by atoms with Crippen molar-refractivity contribution in [1.82, 2.24) is 15.6 Å². The lowest BCUT2D eigenvalue weighted by molar-refractivity contribution is -0.119. The van der Waals surface area contributed by atoms with E-state index in [0.717, 1.165) is 49.8 Å². The highest BCUT2D eigenvalue weighted by Crippen LogP contribution is 2.25. The summed E-state index contributed by atoms with van der Waals surface area (Å²) >= 11 is 6.29. The monoisotopic (exact) mass is 572 g/mol. The SMILES string of the molecule is CCNC(=NCCc1ccc(OCC(N)=O)cc1)NC1CCN(c2ncccc2Cl)C1.I. The molecule has 0 spiro atoms. The fourth-order valence-corrected chi connectivity index (χ4v) is 3.64. The van der Waals surface area contributed by atoms with Crippen LogP contribution in [0.4, 0.5) is 5.82 Å². The lowest BCUT2D eigenvalue weighted by Crippen LogP contribution is -2.44. The number of halogens is 2. The molecule has 1 aromatic heterocycles. The van der Waals surface area contributed by atoms with Crippen LogP contribution in [0.25, 0.3) is 0 Å². The van der Waals surface area contributed by atoms with Gasteiger partial charge in [-0.25, -0.2) is 4.98 Å². The van der Waals surface area contributed by atoms with Crippen LogP contribution in [0.3, 0.4) is 0 Å². The number of anilines is 1. The molecule has 10 heteroatoms. The average Bonchev–Trinajstić information content (AvgIpc) is 3.22. The van der Waals surface area contributed by atoms with Crippen LogP contribution >= 0.6 is 35.6 Å². The summed E-state index contributed by atoms with van der Waals surface area (Å²) in [4.78, 5) is 22.1. The number of amides is 1. The van der Waals surface area contributed by atoms with Gasteiger partial charge < -0.3 is 26.0 Å². The Morgan fingerprint density at radius 2 is 2.12 bits per heavy atom. The smallest absolute Gasteiger partial charge is 0.255 e. The first-order valence-corrected chi connectivity index (χ1v) is 10.8. The topological polar surface area (TPSA) is 105 Å². The van der Waals surface area contributed by atoms with E-state index in [1.807, 2.05) is 36.4 Å². The summed E-state index contributed by atoms with van der Waals surface area (Å²) < 4.78 is 5.28. The molecule has 1 atom stereocenters. The molecular formula is C22H30ClIN6O2. The lowest BCUT2D eigenvalue weighted by atomic mass is 10.1. The number of nitrogens with zero attached hydrogens (tertiary/aromatic N) is 3. The minimum absolute atomic E-state index is 0. The number of nitrogens with one attached hydrogen (secondary N) is 2. The van der Waals surface area contributed by atoms with Gasteiger partial charge in [0, 0.05) is 38.4 Å². The number of hydrogen-bond donors (Lipinski definition) is 3. The van der Waals surface area contributed by atoms with Crippen molar-refractivity contribution < 1.29 is 9.53 Å². The first kappa shape index (κ1) is 26.0. The average molecular weight is 573 g/mol. The molecule has 0 aliphatic carbocycles. The zero-order valence-corrected chi connectivity index (χ0v) is 21.2. The van der Waals surface area contributed by atoms with Gasteiger partial charge in [-0.15, -0.1) is 24.0 Å². The Morgan fingerprint density at radius 3 is 2.81 bits per heavy atom. The van der Waals surface area contributed by atoms with Crippen molar-refractivity contribution in [3.63, 3.8) is 0 Å². The molecule has 2 heterocycles. The molecule has 1 amide bonds. The van der Waals surface area contributed by atoms with Gasteiger partial charge in [0.1, 0.15) is 11.6 Å². The van der Waals surface area contributed by atoms with Gasteiger partial charge in [0.25, 0.3) is 5.91 Å². The number of guanidine groups is 1. The number of benzene rings is 1. The molecule has 0 saturated carbocycles. The van der Waals surface area contributed by atoms with E-state index in [1.165, 1.54) is 0 Å². The van der Waals surface area contributed by atoms with E-state index in [2.05, 4.69) is 27.4 Å². The molecule has 174 valence electrons. The Hall–Kier alpha value is -2.27. The Bertz CT molecular complexity index is 896. The quantitative estimate of drug-likeness (QED) is 0.242. The van der Waals surface area contributed by atoms with E-state index in [4.69, 9.17) is 27.1 Å². The van der Waals surface area contributed by atoms with Gasteiger partial charge in [0.15, 0.2) is 12.6 Å². The zero-order valence-electron chi connectivity index (χ0n) is 18.1. The van der Waals surface area contributed by atoms with Gasteiger partial charge in [0.05, 0.1) is 5.02 Å². The fraction of sp³-hybridized carbons (Fsp3) is 0.409. The van der Waals surface area contributed by atoms with Gasteiger partial charge in [-0.3, -0.25) is 9.79 Å². The number of aromatic nitrogens is 1. The van der Waals surface area contributed by atoms with Gasteiger partial charge in [-0.1, -0.05) is 23.7 Å². The predicted octanol–water partition coefficient (Wildman–Crippen LogP) is 2.59. The summed E-state index contributed by atoms with van der Waals surface area (Å²) in [5.41, 5.74) is 6.23. The Morgan fingerprint density at radius 1 is 1.34 bits per heavy atom. The summed E-state index contributed by atoms with van der Waals surface area (Å²) in [6, 6.07) is 11.6. The third-order valence-electron chi connectivity index (χ3n) is 4.89. The normalized spacial score (nSPS) is 15.8. The molecule has 8 nitrogen and oxygen atoms in total. The minimum Gasteiger partial charge on any atom is -0.484 e. The van der Waals surface area contributed by atoms with Crippen molar-refractivity contribution in [2.45, 2.75) is 25.8 Å². The lowest BCUT2D eigenvalue weighted by Gasteiger charge is -2.20. The van der Waals surface area contributed by atoms with E-state index in [9.17, 15) is 4.79 Å². The fourth-order valence-electron chi connectivity index (χ4n) is 3.40. The highest BCUT2D eigenvalue weighted by atomic mass is 127. The van der Waals surface area contributed by atoms with Crippen LogP contribution in [0.15, 0.2) is 47.6 Å². The van der Waals surface area contributed by atoms with Crippen molar-refractivity contribution in [3.8, 4) is 5.75 Å². The number of primary amides is 1. The van der Waals surface area contributed by atoms with Crippen molar-refractivity contribution in [2.24, 2.45) is 10.7 Å². The molecule has 1 saturated heterocycles. The van der Waals surface area contributed by atoms with Crippen LogP contribution in [0, 0.1) is 0 Å². The second-order valence-corrected chi connectivity index (χ2v) is 7.70. The second kappa shape index (κ2) is 13.3. The Kier molecular flexibility index (Phi) is 10.8. The number of hydrogen-bond acceptors (Lipinski definition) is 5. The summed E-state index contributed by atoms with van der Waals surface area (Å²) in [6.07, 6.45) is 3.56. The van der Waals surface area contributed by atoms with Gasteiger partial charge in [-0.05, 0) is 49.6 Å². The van der Waals surface area contributed by atoms with E-state index >= 15 is 0 Å². The maximum absolute atomic E-state index is 10.8. The van der Waals surface area contributed by atoms with Gasteiger partial charge in [-0.2, -0.15) is 0 Å². The molecule has 32 heavy (non-hydrogen) atoms. The maximum Gasteiger partial charge on any atom is 0.255 e. The standard InChI is InChI=1S/C22H29ClN6O2.HI/c1-2-25-22(27-12-9-16-5-7-18(8-6-16)31-15-20(24)30)28-17-10-13-29(14-17)21-19(23)4-3-11-26-21;/h3-8,11,17H,2,9-10,12-15H2,1H3,(H2,24,30)(H2,25,27,28);1H. The van der Waals surface area contributed by atoms with Crippen molar-refractivity contribution >= 4 is 53.3 Å². The number of rotatable bonds is 9. The van der Waals surface area contributed by atoms with E-state index in [0.29, 0.717) is 17.3 Å². The first-order chi connectivity index (χ1) is 15.0. The summed E-state index contributed by atoms with van der Waals surface area (Å²) in [5, 5.41) is 7.51. The number of nitrogens with two attached hydrogens (primary N) is 1. The summed E-state index contributed by atoms with van der Waals surface area (Å²) in [5.74, 6) is 1.77. The first-order valence-electron chi connectivity index (χ1n) is 10.5. The van der Waals surface area contributed by atoms with Crippen LogP contribution < -0.4 is 26.0 Å². The van der Waals surface area contributed by atoms with Crippen LogP contribution in [-0.2, 0) is 11.2 Å². The molecule has 2 aromatic rings. The van der Waals surface area contributed by atoms with Crippen LogP contribution in [-0.4, -0.2) is 55.7 Å². The third kappa shape index (κ3) is 8.01. The number of aliphatic imine (C=N–C) groups is 1. The minimum atomic E-state index is -0.490. The van der Waals surface area contributed by atoms with Crippen molar-refractivity contribution in [1.29, 1.82) is 0 Å². The Labute approximate surface area is 211 Å². The Balaban J connectivity index is 0.00000363. The summed E-state index contributed by atoms with van der Waals surface area (Å²) in [6.45, 7) is 5.11.